The molecule has 0 saturated carbocycles. The van der Waals surface area contributed by atoms with Crippen molar-refractivity contribution in [3.05, 3.63) is 71.5 Å². The number of benzene rings is 2. The zero-order valence-electron chi connectivity index (χ0n) is 22.9. The van der Waals surface area contributed by atoms with Crippen LogP contribution in [0.1, 0.15) is 12.5 Å². The van der Waals surface area contributed by atoms with Crippen LogP contribution in [0.15, 0.2) is 59.2 Å². The van der Waals surface area contributed by atoms with Gasteiger partial charge in [0.05, 0.1) is 30.0 Å². The molecule has 2 saturated heterocycles. The van der Waals surface area contributed by atoms with Crippen LogP contribution in [0.3, 0.4) is 0 Å². The average molecular weight is 600 g/mol. The first-order valence-corrected chi connectivity index (χ1v) is 15.1. The van der Waals surface area contributed by atoms with E-state index in [1.165, 1.54) is 18.2 Å². The van der Waals surface area contributed by atoms with Crippen molar-refractivity contribution in [1.82, 2.24) is 14.7 Å². The van der Waals surface area contributed by atoms with E-state index < -0.39 is 11.6 Å². The molecule has 41 heavy (non-hydrogen) atoms. The lowest BCUT2D eigenvalue weighted by Gasteiger charge is -2.47. The summed E-state index contributed by atoms with van der Waals surface area (Å²) in [6.07, 6.45) is 1.34. The molecule has 2 atom stereocenters. The Kier molecular flexibility index (Phi) is 7.84. The van der Waals surface area contributed by atoms with Crippen LogP contribution in [0, 0.1) is 11.6 Å². The highest BCUT2D eigenvalue weighted by Crippen LogP contribution is 2.52. The number of carbonyl (C=O) groups excluding carboxylic acids is 1. The van der Waals surface area contributed by atoms with Gasteiger partial charge in [0.25, 0.3) is 0 Å². The molecule has 2 fully saturated rings. The van der Waals surface area contributed by atoms with Crippen molar-refractivity contribution in [2.45, 2.75) is 23.9 Å². The Labute approximate surface area is 248 Å². The highest BCUT2D eigenvalue weighted by Gasteiger charge is 2.41. The lowest BCUT2D eigenvalue weighted by molar-refractivity contribution is -0.128. The summed E-state index contributed by atoms with van der Waals surface area (Å²) >= 11 is 8.58. The quantitative estimate of drug-likeness (QED) is 0.469. The molecule has 0 spiro atoms. The predicted molar refractivity (Wildman–Crippen MR) is 160 cm³/mol. The Hall–Kier alpha value is -2.92. The summed E-state index contributed by atoms with van der Waals surface area (Å²) in [6.45, 7) is 15.6. The van der Waals surface area contributed by atoms with Gasteiger partial charge in [0.1, 0.15) is 23.3 Å². The summed E-state index contributed by atoms with van der Waals surface area (Å²) in [7, 11) is 0. The molecule has 7 nitrogen and oxygen atoms in total. The van der Waals surface area contributed by atoms with E-state index in [9.17, 15) is 9.18 Å². The van der Waals surface area contributed by atoms with Gasteiger partial charge in [-0.1, -0.05) is 24.8 Å². The molecular weight excluding hydrogens is 568 g/mol. The first-order valence-electron chi connectivity index (χ1n) is 13.8. The maximum absolute atomic E-state index is 15.2. The molecule has 4 heterocycles. The van der Waals surface area contributed by atoms with Crippen molar-refractivity contribution in [1.29, 1.82) is 0 Å². The fourth-order valence-corrected chi connectivity index (χ4v) is 7.84. The van der Waals surface area contributed by atoms with E-state index in [0.29, 0.717) is 49.3 Å². The van der Waals surface area contributed by atoms with Crippen LogP contribution in [0.25, 0.3) is 11.1 Å². The van der Waals surface area contributed by atoms with Gasteiger partial charge in [0.15, 0.2) is 0 Å². The number of aliphatic imine (C=N–C) groups is 1. The lowest BCUT2D eigenvalue weighted by Crippen LogP contribution is -2.57. The summed E-state index contributed by atoms with van der Waals surface area (Å²) in [4.78, 5) is 26.7. The molecule has 1 unspecified atom stereocenters. The maximum atomic E-state index is 15.2. The van der Waals surface area contributed by atoms with Crippen LogP contribution in [0.5, 0.6) is 0 Å². The monoisotopic (exact) mass is 599 g/mol. The van der Waals surface area contributed by atoms with E-state index in [1.807, 2.05) is 6.07 Å². The molecule has 0 aliphatic carbocycles. The fourth-order valence-electron chi connectivity index (χ4n) is 6.16. The summed E-state index contributed by atoms with van der Waals surface area (Å²) < 4.78 is 34.6. The summed E-state index contributed by atoms with van der Waals surface area (Å²) in [5.74, 6) is 0.678. The van der Waals surface area contributed by atoms with E-state index in [4.69, 9.17) is 21.3 Å². The number of thioether (sulfide) groups is 1. The summed E-state index contributed by atoms with van der Waals surface area (Å²) in [5, 5.41) is 0.372. The Morgan fingerprint density at radius 2 is 1.98 bits per heavy atom. The van der Waals surface area contributed by atoms with Crippen molar-refractivity contribution in [3.8, 4) is 11.1 Å². The number of rotatable bonds is 4. The van der Waals surface area contributed by atoms with Gasteiger partial charge in [-0.15, -0.1) is 11.8 Å². The number of piperazine rings is 1. The number of nitrogens with zero attached hydrogens (tertiary/aromatic N) is 5. The second-order valence-corrected chi connectivity index (χ2v) is 12.2. The Morgan fingerprint density at radius 3 is 2.68 bits per heavy atom. The Bertz CT molecular complexity index is 1450. The minimum absolute atomic E-state index is 0.0187. The van der Waals surface area contributed by atoms with Gasteiger partial charge >= 0.3 is 0 Å². The molecule has 0 N–H and O–H groups in total. The highest BCUT2D eigenvalue weighted by atomic mass is 35.5. The molecule has 4 aliphatic heterocycles. The standard InChI is InChI=1S/C30H32ClF2N5O2S/c1-4-26(39)36-7-8-37(18(2)15-36)30-23-14-24(31)27(22-6-5-20(32)13-25(22)33)29-28(23)38(19(3)34-30)21(17-41-29)16-35-9-11-40-12-10-35/h4-6,13-14,18,21H,1,3,7-12,15-17H2,2H3/t18-,21?/m0/s1. The van der Waals surface area contributed by atoms with Gasteiger partial charge in [0, 0.05) is 78.7 Å². The number of ether oxygens (including phenoxy) is 1. The van der Waals surface area contributed by atoms with Gasteiger partial charge in [-0.05, 0) is 31.2 Å². The van der Waals surface area contributed by atoms with Crippen LogP contribution in [-0.2, 0) is 9.53 Å². The van der Waals surface area contributed by atoms with E-state index in [-0.39, 0.29) is 23.6 Å². The van der Waals surface area contributed by atoms with Gasteiger partial charge in [0.2, 0.25) is 5.91 Å². The molecule has 2 aromatic carbocycles. The van der Waals surface area contributed by atoms with E-state index in [0.717, 1.165) is 53.4 Å². The molecular formula is C30H32ClF2N5O2S. The fraction of sp³-hybridized carbons (Fsp3) is 0.400. The molecule has 0 radical (unpaired) electrons. The molecule has 0 aromatic heterocycles. The van der Waals surface area contributed by atoms with Crippen molar-refractivity contribution in [2.24, 2.45) is 4.99 Å². The largest absolute Gasteiger partial charge is 0.379 e. The van der Waals surface area contributed by atoms with Gasteiger partial charge in [-0.2, -0.15) is 0 Å². The van der Waals surface area contributed by atoms with E-state index >= 15 is 4.39 Å². The van der Waals surface area contributed by atoms with Crippen LogP contribution < -0.4 is 4.90 Å². The molecule has 2 aromatic rings. The van der Waals surface area contributed by atoms with Crippen LogP contribution in [-0.4, -0.2) is 96.8 Å². The molecule has 216 valence electrons. The number of morpholine rings is 1. The number of amides is 1. The van der Waals surface area contributed by atoms with Crippen molar-refractivity contribution in [2.75, 3.05) is 63.1 Å². The number of carbonyl (C=O) groups is 1. The zero-order valence-corrected chi connectivity index (χ0v) is 24.5. The molecule has 6 rings (SSSR count). The molecule has 4 aliphatic rings. The third-order valence-corrected chi connectivity index (χ3v) is 9.68. The predicted octanol–water partition coefficient (Wildman–Crippen LogP) is 4.85. The van der Waals surface area contributed by atoms with Gasteiger partial charge < -0.3 is 19.4 Å². The van der Waals surface area contributed by atoms with Gasteiger partial charge in [-0.3, -0.25) is 9.69 Å². The molecule has 11 heteroatoms. The third kappa shape index (κ3) is 5.16. The average Bonchev–Trinajstić information content (AvgIpc) is 2.96. The normalized spacial score (nSPS) is 22.9. The number of amidine groups is 1. The number of anilines is 1. The minimum Gasteiger partial charge on any atom is -0.379 e. The van der Waals surface area contributed by atoms with E-state index in [1.54, 1.807) is 16.7 Å². The third-order valence-electron chi connectivity index (χ3n) is 8.15. The highest BCUT2D eigenvalue weighted by molar-refractivity contribution is 7.99. The first-order chi connectivity index (χ1) is 19.8. The van der Waals surface area contributed by atoms with E-state index in [2.05, 4.69) is 34.8 Å². The first kappa shape index (κ1) is 28.2. The second-order valence-electron chi connectivity index (χ2n) is 10.7. The lowest BCUT2D eigenvalue weighted by atomic mass is 9.96. The van der Waals surface area contributed by atoms with Crippen molar-refractivity contribution < 1.29 is 18.3 Å². The summed E-state index contributed by atoms with van der Waals surface area (Å²) in [6, 6.07) is 5.50. The Balaban J connectivity index is 1.45. The van der Waals surface area contributed by atoms with Crippen LogP contribution in [0.2, 0.25) is 5.02 Å². The zero-order chi connectivity index (χ0) is 28.8. The van der Waals surface area contributed by atoms with Crippen molar-refractivity contribution in [3.63, 3.8) is 0 Å². The topological polar surface area (TPSA) is 51.6 Å². The summed E-state index contributed by atoms with van der Waals surface area (Å²) in [5.41, 5.74) is 2.55. The number of halogens is 3. The minimum atomic E-state index is -0.661. The number of hydrogen-bond donors (Lipinski definition) is 0. The van der Waals surface area contributed by atoms with Crippen molar-refractivity contribution >= 4 is 40.8 Å². The molecule has 0 bridgehead atoms. The van der Waals surface area contributed by atoms with Gasteiger partial charge in [-0.25, -0.2) is 13.8 Å². The SMILES string of the molecule is C=CC(=O)N1CCN(C2=NC(=C)N3c4c2cc(Cl)c(-c2ccc(F)cc2F)c4SCC3CN2CCOCC2)[C@@H](C)C1. The molecule has 1 amide bonds. The van der Waals surface area contributed by atoms with Crippen LogP contribution in [0.4, 0.5) is 14.5 Å². The second kappa shape index (κ2) is 11.4. The Morgan fingerprint density at radius 1 is 1.20 bits per heavy atom. The van der Waals surface area contributed by atoms with Crippen LogP contribution >= 0.6 is 23.4 Å². The smallest absolute Gasteiger partial charge is 0.246 e. The maximum Gasteiger partial charge on any atom is 0.246 e. The number of hydrogen-bond acceptors (Lipinski definition) is 7.